The molecule has 0 bridgehead atoms. The Kier molecular flexibility index (Phi) is 6.38. The summed E-state index contributed by atoms with van der Waals surface area (Å²) in [6.45, 7) is 3.18. The minimum absolute atomic E-state index is 0.244. The summed E-state index contributed by atoms with van der Waals surface area (Å²) in [7, 11) is 0. The number of carbonyl (C=O) groups is 2. The fourth-order valence-electron chi connectivity index (χ4n) is 1.75. The van der Waals surface area contributed by atoms with Crippen molar-refractivity contribution in [2.45, 2.75) is 19.4 Å². The number of hydrogen-bond donors (Lipinski definition) is 2. The quantitative estimate of drug-likeness (QED) is 0.825. The van der Waals surface area contributed by atoms with E-state index in [2.05, 4.69) is 5.32 Å². The number of halogens is 2. The van der Waals surface area contributed by atoms with E-state index in [0.29, 0.717) is 16.3 Å². The minimum Gasteiger partial charge on any atom is -0.479 e. The fourth-order valence-corrected chi connectivity index (χ4v) is 2.70. The Morgan fingerprint density at radius 1 is 1.38 bits per heavy atom. The van der Waals surface area contributed by atoms with Crippen LogP contribution in [0.3, 0.4) is 0 Å². The largest absolute Gasteiger partial charge is 0.479 e. The van der Waals surface area contributed by atoms with Crippen molar-refractivity contribution in [1.29, 1.82) is 0 Å². The normalized spacial score (nSPS) is 15.1. The summed E-state index contributed by atoms with van der Waals surface area (Å²) in [6, 6.07) is 4.51. The van der Waals surface area contributed by atoms with Gasteiger partial charge in [-0.25, -0.2) is 4.79 Å². The van der Waals surface area contributed by atoms with Crippen molar-refractivity contribution in [2.75, 3.05) is 12.0 Å². The lowest BCUT2D eigenvalue weighted by atomic mass is 9.91. The molecule has 1 rings (SSSR count). The Hall–Kier alpha value is -0.910. The van der Waals surface area contributed by atoms with Crippen LogP contribution in [0, 0.1) is 5.92 Å². The lowest BCUT2D eigenvalue weighted by molar-refractivity contribution is -0.147. The van der Waals surface area contributed by atoms with Gasteiger partial charge in [-0.2, -0.15) is 11.8 Å². The average Bonchev–Trinajstić information content (AvgIpc) is 2.41. The van der Waals surface area contributed by atoms with E-state index < -0.39 is 11.5 Å². The zero-order valence-corrected chi connectivity index (χ0v) is 14.3. The van der Waals surface area contributed by atoms with E-state index in [1.807, 2.05) is 6.26 Å². The van der Waals surface area contributed by atoms with E-state index in [1.165, 1.54) is 30.8 Å². The lowest BCUT2D eigenvalue weighted by Gasteiger charge is -2.28. The van der Waals surface area contributed by atoms with Crippen molar-refractivity contribution < 1.29 is 14.7 Å². The highest BCUT2D eigenvalue weighted by Gasteiger charge is 2.38. The van der Waals surface area contributed by atoms with Crippen molar-refractivity contribution in [3.05, 3.63) is 33.8 Å². The van der Waals surface area contributed by atoms with Gasteiger partial charge in [-0.3, -0.25) is 4.79 Å². The van der Waals surface area contributed by atoms with Crippen LogP contribution in [-0.4, -0.2) is 29.0 Å². The van der Waals surface area contributed by atoms with E-state index in [1.54, 1.807) is 13.0 Å². The van der Waals surface area contributed by atoms with Crippen LogP contribution in [0.4, 0.5) is 0 Å². The first kappa shape index (κ1) is 18.1. The molecule has 0 spiro atoms. The molecule has 0 saturated heterocycles. The third-order valence-electron chi connectivity index (χ3n) is 3.16. The molecule has 21 heavy (non-hydrogen) atoms. The van der Waals surface area contributed by atoms with Crippen LogP contribution >= 0.6 is 35.0 Å². The Morgan fingerprint density at radius 2 is 2.00 bits per heavy atom. The molecule has 0 aliphatic heterocycles. The number of thioether (sulfide) groups is 1. The van der Waals surface area contributed by atoms with Crippen molar-refractivity contribution in [2.24, 2.45) is 5.92 Å². The van der Waals surface area contributed by atoms with Gasteiger partial charge >= 0.3 is 5.97 Å². The van der Waals surface area contributed by atoms with Gasteiger partial charge in [0.1, 0.15) is 0 Å². The van der Waals surface area contributed by atoms with Crippen LogP contribution in [0.15, 0.2) is 18.2 Å². The molecule has 4 nitrogen and oxygen atoms in total. The first-order chi connectivity index (χ1) is 9.72. The molecule has 0 heterocycles. The smallest absolute Gasteiger partial charge is 0.333 e. The van der Waals surface area contributed by atoms with Crippen molar-refractivity contribution in [1.82, 2.24) is 5.32 Å². The summed E-state index contributed by atoms with van der Waals surface area (Å²) in [6.07, 6.45) is 1.89. The summed E-state index contributed by atoms with van der Waals surface area (Å²) >= 11 is 13.3. The molecule has 1 aromatic rings. The molecule has 1 amide bonds. The number of carboxylic acid groups (broad SMARTS) is 1. The summed E-state index contributed by atoms with van der Waals surface area (Å²) < 4.78 is 0. The Bertz CT molecular complexity index is 553. The lowest BCUT2D eigenvalue weighted by Crippen LogP contribution is -2.51. The van der Waals surface area contributed by atoms with Gasteiger partial charge in [0.15, 0.2) is 5.54 Å². The highest BCUT2D eigenvalue weighted by Crippen LogP contribution is 2.29. The van der Waals surface area contributed by atoms with Crippen molar-refractivity contribution >= 4 is 46.8 Å². The maximum atomic E-state index is 12.1. The van der Waals surface area contributed by atoms with E-state index in [0.717, 1.165) is 0 Å². The standard InChI is InChI=1S/C14H17Cl2NO3S/c1-8(7-21-3)12(18)17-14(2,13(19)20)9-4-5-10(15)11(16)6-9/h4-6,8H,7H2,1-3H3,(H,17,18)(H,19,20). The minimum atomic E-state index is -1.56. The van der Waals surface area contributed by atoms with E-state index in [-0.39, 0.29) is 16.8 Å². The molecule has 0 saturated carbocycles. The summed E-state index contributed by atoms with van der Waals surface area (Å²) in [4.78, 5) is 23.8. The van der Waals surface area contributed by atoms with Crippen molar-refractivity contribution in [3.63, 3.8) is 0 Å². The second-order valence-electron chi connectivity index (χ2n) is 4.90. The molecule has 0 radical (unpaired) electrons. The topological polar surface area (TPSA) is 66.4 Å². The van der Waals surface area contributed by atoms with Gasteiger partial charge in [0.2, 0.25) is 5.91 Å². The third kappa shape index (κ3) is 4.28. The van der Waals surface area contributed by atoms with Crippen LogP contribution in [0.1, 0.15) is 19.4 Å². The predicted octanol–water partition coefficient (Wildman–Crippen LogP) is 3.41. The van der Waals surface area contributed by atoms with Gasteiger partial charge in [0, 0.05) is 11.7 Å². The number of rotatable bonds is 6. The number of amides is 1. The Balaban J connectivity index is 3.11. The zero-order valence-electron chi connectivity index (χ0n) is 11.9. The average molecular weight is 350 g/mol. The number of nitrogens with one attached hydrogen (secondary N) is 1. The van der Waals surface area contributed by atoms with Gasteiger partial charge in [-0.05, 0) is 30.9 Å². The molecule has 7 heteroatoms. The third-order valence-corrected chi connectivity index (χ3v) is 4.73. The fraction of sp³-hybridized carbons (Fsp3) is 0.429. The summed E-state index contributed by atoms with van der Waals surface area (Å²) in [5.41, 5.74) is -1.19. The molecule has 0 aliphatic rings. The monoisotopic (exact) mass is 349 g/mol. The van der Waals surface area contributed by atoms with Gasteiger partial charge in [-0.1, -0.05) is 36.2 Å². The number of benzene rings is 1. The van der Waals surface area contributed by atoms with Crippen LogP contribution in [0.5, 0.6) is 0 Å². The van der Waals surface area contributed by atoms with Crippen LogP contribution < -0.4 is 5.32 Å². The van der Waals surface area contributed by atoms with E-state index >= 15 is 0 Å². The maximum absolute atomic E-state index is 12.1. The maximum Gasteiger partial charge on any atom is 0.333 e. The molecule has 0 aromatic heterocycles. The Morgan fingerprint density at radius 3 is 2.48 bits per heavy atom. The second-order valence-corrected chi connectivity index (χ2v) is 6.63. The van der Waals surface area contributed by atoms with Crippen LogP contribution in [-0.2, 0) is 15.1 Å². The molecule has 0 fully saturated rings. The first-order valence-corrected chi connectivity index (χ1v) is 8.37. The molecule has 2 unspecified atom stereocenters. The molecule has 1 aromatic carbocycles. The van der Waals surface area contributed by atoms with Gasteiger partial charge in [0.25, 0.3) is 0 Å². The number of hydrogen-bond acceptors (Lipinski definition) is 3. The summed E-state index contributed by atoms with van der Waals surface area (Å²) in [5.74, 6) is -1.16. The van der Waals surface area contributed by atoms with Crippen LogP contribution in [0.2, 0.25) is 10.0 Å². The van der Waals surface area contributed by atoms with Crippen molar-refractivity contribution in [3.8, 4) is 0 Å². The van der Waals surface area contributed by atoms with Gasteiger partial charge < -0.3 is 10.4 Å². The second kappa shape index (κ2) is 7.38. The van der Waals surface area contributed by atoms with Gasteiger partial charge in [0.05, 0.1) is 10.0 Å². The predicted molar refractivity (Wildman–Crippen MR) is 87.1 cm³/mol. The van der Waals surface area contributed by atoms with Gasteiger partial charge in [-0.15, -0.1) is 0 Å². The number of carboxylic acids is 1. The first-order valence-electron chi connectivity index (χ1n) is 6.22. The summed E-state index contributed by atoms with van der Waals surface area (Å²) in [5, 5.41) is 12.7. The molecule has 2 N–H and O–H groups in total. The van der Waals surface area contributed by atoms with Crippen LogP contribution in [0.25, 0.3) is 0 Å². The molecular weight excluding hydrogens is 333 g/mol. The SMILES string of the molecule is CSCC(C)C(=O)NC(C)(C(=O)O)c1ccc(Cl)c(Cl)c1. The van der Waals surface area contributed by atoms with E-state index in [9.17, 15) is 14.7 Å². The molecule has 2 atom stereocenters. The number of carbonyl (C=O) groups excluding carboxylic acids is 1. The zero-order chi connectivity index (χ0) is 16.2. The van der Waals surface area contributed by atoms with E-state index in [4.69, 9.17) is 23.2 Å². The molecular formula is C14H17Cl2NO3S. The number of aliphatic carboxylic acids is 1. The highest BCUT2D eigenvalue weighted by molar-refractivity contribution is 7.98. The Labute approximate surface area is 138 Å². The molecule has 116 valence electrons. The molecule has 0 aliphatic carbocycles. The highest BCUT2D eigenvalue weighted by atomic mass is 35.5.